The van der Waals surface area contributed by atoms with Crippen molar-refractivity contribution in [2.24, 2.45) is 0 Å². The summed E-state index contributed by atoms with van der Waals surface area (Å²) in [5, 5.41) is 0. The number of rotatable bonds is 11. The van der Waals surface area contributed by atoms with Crippen LogP contribution in [-0.4, -0.2) is 42.8 Å². The van der Waals surface area contributed by atoms with Crippen LogP contribution in [0.5, 0.6) is 0 Å². The summed E-state index contributed by atoms with van der Waals surface area (Å²) in [4.78, 5) is 39.2. The molecule has 0 saturated carbocycles. The Hall–Kier alpha value is -1.30. The molecule has 0 unspecified atom stereocenters. The fraction of sp³-hybridized carbons (Fsp3) is 0.368. The molecule has 154 valence electrons. The van der Waals surface area contributed by atoms with Crippen LogP contribution in [0.2, 0.25) is 0 Å². The van der Waals surface area contributed by atoms with Crippen molar-refractivity contribution in [3.05, 3.63) is 71.8 Å². The maximum Gasteiger partial charge on any atom is 0.325 e. The average molecular weight is 427 g/mol. The quantitative estimate of drug-likeness (QED) is 0.407. The fourth-order valence-electron chi connectivity index (χ4n) is 3.09. The molecule has 4 N–H and O–H groups in total. The second kappa shape index (κ2) is 10.5. The van der Waals surface area contributed by atoms with Gasteiger partial charge >= 0.3 is 15.2 Å². The monoisotopic (exact) mass is 427 g/mol. The lowest BCUT2D eigenvalue weighted by Gasteiger charge is -2.32. The predicted molar refractivity (Wildman–Crippen MR) is 109 cm³/mol. The largest absolute Gasteiger partial charge is 0.325 e. The minimum absolute atomic E-state index is 0.157. The molecule has 0 fully saturated rings. The fourth-order valence-corrected chi connectivity index (χ4v) is 4.36. The van der Waals surface area contributed by atoms with Gasteiger partial charge in [0.25, 0.3) is 0 Å². The van der Waals surface area contributed by atoms with Crippen molar-refractivity contribution in [1.82, 2.24) is 4.90 Å². The summed E-state index contributed by atoms with van der Waals surface area (Å²) in [7, 11) is -8.42. The van der Waals surface area contributed by atoms with Gasteiger partial charge in [0, 0.05) is 19.1 Å². The first-order valence-corrected chi connectivity index (χ1v) is 12.6. The molecule has 0 amide bonds. The lowest BCUT2D eigenvalue weighted by atomic mass is 10.1. The Morgan fingerprint density at radius 1 is 0.679 bits per heavy atom. The van der Waals surface area contributed by atoms with Crippen LogP contribution in [-0.2, 0) is 22.2 Å². The molecule has 0 aromatic heterocycles. The second-order valence-corrected chi connectivity index (χ2v) is 10.4. The first-order valence-electron chi connectivity index (χ1n) is 9.03. The Morgan fingerprint density at radius 2 is 1.04 bits per heavy atom. The predicted octanol–water partition coefficient (Wildman–Crippen LogP) is 3.19. The van der Waals surface area contributed by atoms with Crippen molar-refractivity contribution in [3.8, 4) is 0 Å². The van der Waals surface area contributed by atoms with E-state index < -0.39 is 15.2 Å². The molecule has 9 heteroatoms. The van der Waals surface area contributed by atoms with Crippen molar-refractivity contribution in [3.63, 3.8) is 0 Å². The maximum atomic E-state index is 11.4. The third-order valence-corrected chi connectivity index (χ3v) is 6.16. The van der Waals surface area contributed by atoms with Crippen LogP contribution in [0.15, 0.2) is 60.7 Å². The van der Waals surface area contributed by atoms with Crippen LogP contribution in [0.25, 0.3) is 0 Å². The highest BCUT2D eigenvalue weighted by molar-refractivity contribution is 7.52. The van der Waals surface area contributed by atoms with Crippen LogP contribution in [0.1, 0.15) is 24.0 Å². The van der Waals surface area contributed by atoms with Gasteiger partial charge in [-0.05, 0) is 24.0 Å². The summed E-state index contributed by atoms with van der Waals surface area (Å²) in [6.45, 7) is 1.03. The van der Waals surface area contributed by atoms with Crippen molar-refractivity contribution >= 4 is 15.2 Å². The Balaban J connectivity index is 2.25. The number of nitrogens with zero attached hydrogens (tertiary/aromatic N) is 1. The molecular formula is C19H27NO6P2. The van der Waals surface area contributed by atoms with Crippen LogP contribution in [0.4, 0.5) is 0 Å². The van der Waals surface area contributed by atoms with E-state index in [2.05, 4.69) is 0 Å². The van der Waals surface area contributed by atoms with Gasteiger partial charge in [0.05, 0.1) is 12.3 Å². The molecule has 0 aliphatic heterocycles. The van der Waals surface area contributed by atoms with Crippen molar-refractivity contribution in [1.29, 1.82) is 0 Å². The molecule has 2 rings (SSSR count). The van der Waals surface area contributed by atoms with Crippen LogP contribution >= 0.6 is 15.2 Å². The number of hydrogen-bond acceptors (Lipinski definition) is 3. The second-order valence-electron chi connectivity index (χ2n) is 6.88. The van der Waals surface area contributed by atoms with E-state index in [4.69, 9.17) is 0 Å². The van der Waals surface area contributed by atoms with Gasteiger partial charge in [0.15, 0.2) is 0 Å². The highest BCUT2D eigenvalue weighted by Gasteiger charge is 2.26. The molecule has 0 radical (unpaired) electrons. The van der Waals surface area contributed by atoms with Gasteiger partial charge < -0.3 is 19.6 Å². The zero-order valence-corrected chi connectivity index (χ0v) is 17.3. The molecule has 7 nitrogen and oxygen atoms in total. The minimum Gasteiger partial charge on any atom is -0.324 e. The first-order chi connectivity index (χ1) is 13.1. The standard InChI is InChI=1S/C19H27NO6P2/c21-27(22,23)13-11-19(12-14-28(24,25)26)20(15-17-7-3-1-4-8-17)16-18-9-5-2-6-10-18/h1-10,19H,11-16H2,(H2,21,22,23)(H2,24,25,26). The van der Waals surface area contributed by atoms with E-state index in [9.17, 15) is 28.7 Å². The summed E-state index contributed by atoms with van der Waals surface area (Å²) < 4.78 is 22.8. The molecule has 0 aliphatic carbocycles. The molecule has 0 saturated heterocycles. The topological polar surface area (TPSA) is 118 Å². The molecule has 0 heterocycles. The van der Waals surface area contributed by atoms with E-state index >= 15 is 0 Å². The summed E-state index contributed by atoms with van der Waals surface area (Å²) in [5.74, 6) is 0. The maximum absolute atomic E-state index is 11.4. The highest BCUT2D eigenvalue weighted by Crippen LogP contribution is 2.39. The molecule has 0 atom stereocenters. The minimum atomic E-state index is -4.21. The van der Waals surface area contributed by atoms with Gasteiger partial charge in [0.2, 0.25) is 0 Å². The van der Waals surface area contributed by atoms with Gasteiger partial charge in [0.1, 0.15) is 0 Å². The zero-order chi connectivity index (χ0) is 20.6. The third-order valence-electron chi connectivity index (χ3n) is 4.48. The van der Waals surface area contributed by atoms with Crippen LogP contribution in [0, 0.1) is 0 Å². The number of benzene rings is 2. The summed E-state index contributed by atoms with van der Waals surface area (Å²) >= 11 is 0. The molecular weight excluding hydrogens is 400 g/mol. The zero-order valence-electron chi connectivity index (χ0n) is 15.5. The summed E-state index contributed by atoms with van der Waals surface area (Å²) in [6.07, 6.45) is -0.328. The molecule has 0 spiro atoms. The Labute approximate surface area is 165 Å². The molecule has 0 aliphatic rings. The average Bonchev–Trinajstić information content (AvgIpc) is 2.61. The highest BCUT2D eigenvalue weighted by atomic mass is 31.2. The molecule has 28 heavy (non-hydrogen) atoms. The van der Waals surface area contributed by atoms with E-state index in [1.165, 1.54) is 0 Å². The van der Waals surface area contributed by atoms with Gasteiger partial charge in [-0.1, -0.05) is 60.7 Å². The van der Waals surface area contributed by atoms with E-state index in [0.29, 0.717) is 13.1 Å². The van der Waals surface area contributed by atoms with Crippen LogP contribution < -0.4 is 0 Å². The van der Waals surface area contributed by atoms with Crippen molar-refractivity contribution in [2.45, 2.75) is 32.0 Å². The Morgan fingerprint density at radius 3 is 1.36 bits per heavy atom. The van der Waals surface area contributed by atoms with E-state index in [1.807, 2.05) is 65.6 Å². The summed E-state index contributed by atoms with van der Waals surface area (Å²) in [6, 6.07) is 18.9. The van der Waals surface area contributed by atoms with Crippen molar-refractivity contribution < 1.29 is 28.7 Å². The van der Waals surface area contributed by atoms with Gasteiger partial charge in [-0.15, -0.1) is 0 Å². The van der Waals surface area contributed by atoms with E-state index in [0.717, 1.165) is 11.1 Å². The van der Waals surface area contributed by atoms with Gasteiger partial charge in [-0.25, -0.2) is 0 Å². The lowest BCUT2D eigenvalue weighted by molar-refractivity contribution is 0.166. The normalized spacial score (nSPS) is 12.6. The third kappa shape index (κ3) is 9.26. The SMILES string of the molecule is O=P(O)(O)CCC(CCP(=O)(O)O)N(Cc1ccccc1)Cc1ccccc1. The Bertz CT molecular complexity index is 738. The smallest absolute Gasteiger partial charge is 0.324 e. The number of hydrogen-bond donors (Lipinski definition) is 4. The summed E-state index contributed by atoms with van der Waals surface area (Å²) in [5.41, 5.74) is 2.05. The van der Waals surface area contributed by atoms with Gasteiger partial charge in [-0.3, -0.25) is 14.0 Å². The first kappa shape index (κ1) is 23.0. The molecule has 2 aromatic rings. The van der Waals surface area contributed by atoms with Gasteiger partial charge in [-0.2, -0.15) is 0 Å². The Kier molecular flexibility index (Phi) is 8.59. The molecule has 0 bridgehead atoms. The van der Waals surface area contributed by atoms with E-state index in [-0.39, 0.29) is 31.2 Å². The lowest BCUT2D eigenvalue weighted by Crippen LogP contribution is -2.36. The van der Waals surface area contributed by atoms with Crippen molar-refractivity contribution in [2.75, 3.05) is 12.3 Å². The molecule has 2 aromatic carbocycles. The van der Waals surface area contributed by atoms with E-state index in [1.54, 1.807) is 0 Å². The van der Waals surface area contributed by atoms with Crippen LogP contribution in [0.3, 0.4) is 0 Å².